The number of nitrogens with one attached hydrogen (secondary N) is 1. The Kier molecular flexibility index (Phi) is 3.96. The fourth-order valence-corrected chi connectivity index (χ4v) is 4.83. The van der Waals surface area contributed by atoms with E-state index >= 15 is 0 Å². The Bertz CT molecular complexity index is 702. The molecule has 120 valence electrons. The number of carbonyl (C=O) groups is 1. The van der Waals surface area contributed by atoms with Crippen LogP contribution in [0.15, 0.2) is 23.1 Å². The van der Waals surface area contributed by atoms with Crippen molar-refractivity contribution < 1.29 is 13.2 Å². The van der Waals surface area contributed by atoms with E-state index in [0.29, 0.717) is 24.7 Å². The van der Waals surface area contributed by atoms with Crippen LogP contribution in [0, 0.1) is 6.92 Å². The molecular weight excluding hydrogens is 302 g/mol. The van der Waals surface area contributed by atoms with Crippen LogP contribution < -0.4 is 11.1 Å². The number of aryl methyl sites for hydroxylation is 1. The smallest absolute Gasteiger partial charge is 0.249 e. The highest BCUT2D eigenvalue weighted by molar-refractivity contribution is 7.89. The SMILES string of the molecule is Cc1ccc(S(=O)(=O)N2CCC3CCC(C2)N3)cc1C(N)=O. The summed E-state index contributed by atoms with van der Waals surface area (Å²) in [5.74, 6) is -0.605. The Balaban J connectivity index is 1.92. The van der Waals surface area contributed by atoms with Crippen LogP contribution in [0.4, 0.5) is 0 Å². The molecule has 2 aliphatic rings. The van der Waals surface area contributed by atoms with Gasteiger partial charge < -0.3 is 11.1 Å². The molecule has 2 bridgehead atoms. The van der Waals surface area contributed by atoms with Crippen molar-refractivity contribution in [2.75, 3.05) is 13.1 Å². The first-order valence-corrected chi connectivity index (χ1v) is 8.98. The number of sulfonamides is 1. The second kappa shape index (κ2) is 5.64. The zero-order valence-corrected chi connectivity index (χ0v) is 13.4. The topological polar surface area (TPSA) is 92.5 Å². The van der Waals surface area contributed by atoms with Gasteiger partial charge in [-0.3, -0.25) is 4.79 Å². The minimum absolute atomic E-state index is 0.143. The molecular formula is C15H21N3O3S. The maximum Gasteiger partial charge on any atom is 0.249 e. The fraction of sp³-hybridized carbons (Fsp3) is 0.533. The van der Waals surface area contributed by atoms with Crippen molar-refractivity contribution in [2.24, 2.45) is 5.73 Å². The molecule has 2 saturated heterocycles. The van der Waals surface area contributed by atoms with Crippen molar-refractivity contribution in [3.8, 4) is 0 Å². The van der Waals surface area contributed by atoms with Gasteiger partial charge in [0.15, 0.2) is 0 Å². The van der Waals surface area contributed by atoms with Gasteiger partial charge in [0, 0.05) is 30.7 Å². The third-order valence-corrected chi connectivity index (χ3v) is 6.46. The average Bonchev–Trinajstić information content (AvgIpc) is 2.77. The van der Waals surface area contributed by atoms with Crippen LogP contribution in [-0.2, 0) is 10.0 Å². The number of nitrogens with zero attached hydrogens (tertiary/aromatic N) is 1. The molecule has 6 nitrogen and oxygen atoms in total. The number of amides is 1. The summed E-state index contributed by atoms with van der Waals surface area (Å²) in [5, 5.41) is 3.46. The van der Waals surface area contributed by atoms with Crippen molar-refractivity contribution in [1.29, 1.82) is 0 Å². The Morgan fingerprint density at radius 2 is 2.00 bits per heavy atom. The van der Waals surface area contributed by atoms with Crippen molar-refractivity contribution in [3.05, 3.63) is 29.3 Å². The monoisotopic (exact) mass is 323 g/mol. The van der Waals surface area contributed by atoms with Crippen molar-refractivity contribution in [3.63, 3.8) is 0 Å². The van der Waals surface area contributed by atoms with E-state index in [2.05, 4.69) is 5.32 Å². The Morgan fingerprint density at radius 3 is 2.73 bits per heavy atom. The van der Waals surface area contributed by atoms with E-state index in [1.807, 2.05) is 0 Å². The summed E-state index contributed by atoms with van der Waals surface area (Å²) in [4.78, 5) is 11.6. The van der Waals surface area contributed by atoms with Crippen LogP contribution in [0.5, 0.6) is 0 Å². The van der Waals surface area contributed by atoms with Gasteiger partial charge in [0.25, 0.3) is 0 Å². The first-order valence-electron chi connectivity index (χ1n) is 7.54. The third kappa shape index (κ3) is 2.76. The van der Waals surface area contributed by atoms with Gasteiger partial charge in [-0.2, -0.15) is 4.31 Å². The van der Waals surface area contributed by atoms with E-state index in [1.54, 1.807) is 19.1 Å². The molecule has 2 fully saturated rings. The zero-order valence-electron chi connectivity index (χ0n) is 12.6. The standard InChI is InChI=1S/C15H21N3O3S/c1-10-2-5-13(8-14(10)15(16)19)22(20,21)18-7-6-11-3-4-12(9-18)17-11/h2,5,8,11-12,17H,3-4,6-7,9H2,1H3,(H2,16,19). The number of primary amides is 1. The van der Waals surface area contributed by atoms with Crippen LogP contribution >= 0.6 is 0 Å². The lowest BCUT2D eigenvalue weighted by Crippen LogP contribution is -2.39. The Hall–Kier alpha value is -1.44. The van der Waals surface area contributed by atoms with Crippen molar-refractivity contribution in [2.45, 2.75) is 43.2 Å². The first-order chi connectivity index (χ1) is 10.4. The second-order valence-corrected chi connectivity index (χ2v) is 8.07. The number of hydrogen-bond donors (Lipinski definition) is 2. The Morgan fingerprint density at radius 1 is 1.27 bits per heavy atom. The molecule has 3 N–H and O–H groups in total. The van der Waals surface area contributed by atoms with E-state index in [0.717, 1.165) is 19.3 Å². The first kappa shape index (κ1) is 15.5. The number of carbonyl (C=O) groups excluding carboxylic acids is 1. The second-order valence-electron chi connectivity index (χ2n) is 6.13. The lowest BCUT2D eigenvalue weighted by atomic mass is 10.1. The van der Waals surface area contributed by atoms with Gasteiger partial charge in [0.05, 0.1) is 4.90 Å². The highest BCUT2D eigenvalue weighted by Crippen LogP contribution is 2.26. The molecule has 1 aromatic rings. The minimum Gasteiger partial charge on any atom is -0.366 e. The number of hydrogen-bond acceptors (Lipinski definition) is 4. The van der Waals surface area contributed by atoms with E-state index in [1.165, 1.54) is 10.4 Å². The number of nitrogens with two attached hydrogens (primary N) is 1. The predicted molar refractivity (Wildman–Crippen MR) is 83.0 cm³/mol. The Labute approximate surface area is 130 Å². The summed E-state index contributed by atoms with van der Waals surface area (Å²) in [6.07, 6.45) is 2.95. The normalized spacial score (nSPS) is 25.9. The molecule has 0 saturated carbocycles. The van der Waals surface area contributed by atoms with E-state index in [4.69, 9.17) is 5.73 Å². The summed E-state index contributed by atoms with van der Waals surface area (Å²) < 4.78 is 27.2. The number of rotatable bonds is 3. The molecule has 2 unspecified atom stereocenters. The zero-order chi connectivity index (χ0) is 15.9. The number of benzene rings is 1. The van der Waals surface area contributed by atoms with E-state index in [-0.39, 0.29) is 16.5 Å². The quantitative estimate of drug-likeness (QED) is 0.852. The number of fused-ring (bicyclic) bond motifs is 2. The van der Waals surface area contributed by atoms with Gasteiger partial charge >= 0.3 is 0 Å². The van der Waals surface area contributed by atoms with Gasteiger partial charge in [-0.05, 0) is 43.9 Å². The summed E-state index contributed by atoms with van der Waals surface area (Å²) in [5.41, 5.74) is 6.27. The highest BCUT2D eigenvalue weighted by Gasteiger charge is 2.35. The fourth-order valence-electron chi connectivity index (χ4n) is 3.31. The molecule has 0 radical (unpaired) electrons. The lowest BCUT2D eigenvalue weighted by molar-refractivity contribution is 0.0999. The molecule has 1 amide bonds. The summed E-state index contributed by atoms with van der Waals surface area (Å²) in [6.45, 7) is 2.74. The summed E-state index contributed by atoms with van der Waals surface area (Å²) >= 11 is 0. The molecule has 3 rings (SSSR count). The minimum atomic E-state index is -3.60. The molecule has 7 heteroatoms. The van der Waals surface area contributed by atoms with Gasteiger partial charge in [-0.25, -0.2) is 8.42 Å². The molecule has 0 spiro atoms. The van der Waals surface area contributed by atoms with Gasteiger partial charge in [-0.1, -0.05) is 6.07 Å². The molecule has 0 aliphatic carbocycles. The van der Waals surface area contributed by atoms with Crippen LogP contribution in [-0.4, -0.2) is 43.8 Å². The summed E-state index contributed by atoms with van der Waals surface area (Å²) in [6, 6.07) is 5.22. The van der Waals surface area contributed by atoms with Crippen molar-refractivity contribution >= 4 is 15.9 Å². The maximum atomic E-state index is 12.8. The summed E-state index contributed by atoms with van der Waals surface area (Å²) in [7, 11) is -3.60. The maximum absolute atomic E-state index is 12.8. The highest BCUT2D eigenvalue weighted by atomic mass is 32.2. The molecule has 0 aromatic heterocycles. The van der Waals surface area contributed by atoms with Crippen molar-refractivity contribution in [1.82, 2.24) is 9.62 Å². The van der Waals surface area contributed by atoms with Crippen LogP contribution in [0.1, 0.15) is 35.2 Å². The third-order valence-electron chi connectivity index (χ3n) is 4.60. The molecule has 1 aromatic carbocycles. The predicted octanol–water partition coefficient (Wildman–Crippen LogP) is 0.609. The van der Waals surface area contributed by atoms with Gasteiger partial charge in [-0.15, -0.1) is 0 Å². The molecule has 2 heterocycles. The van der Waals surface area contributed by atoms with E-state index < -0.39 is 15.9 Å². The largest absolute Gasteiger partial charge is 0.366 e. The average molecular weight is 323 g/mol. The van der Waals surface area contributed by atoms with E-state index in [9.17, 15) is 13.2 Å². The van der Waals surface area contributed by atoms with Gasteiger partial charge in [0.2, 0.25) is 15.9 Å². The lowest BCUT2D eigenvalue weighted by Gasteiger charge is -2.24. The van der Waals surface area contributed by atoms with Gasteiger partial charge in [0.1, 0.15) is 0 Å². The molecule has 2 atom stereocenters. The van der Waals surface area contributed by atoms with Crippen LogP contribution in [0.25, 0.3) is 0 Å². The molecule has 22 heavy (non-hydrogen) atoms. The van der Waals surface area contributed by atoms with Crippen LogP contribution in [0.3, 0.4) is 0 Å². The van der Waals surface area contributed by atoms with Crippen LogP contribution in [0.2, 0.25) is 0 Å². The molecule has 2 aliphatic heterocycles.